The van der Waals surface area contributed by atoms with Gasteiger partial charge in [-0.2, -0.15) is 0 Å². The molecule has 1 unspecified atom stereocenters. The predicted octanol–water partition coefficient (Wildman–Crippen LogP) is 0.943. The molecule has 2 N–H and O–H groups in total. The van der Waals surface area contributed by atoms with Crippen LogP contribution in [0.15, 0.2) is 24.4 Å². The molecule has 1 aliphatic rings. The fraction of sp³-hybridized carbons (Fsp3) is 0.600. The van der Waals surface area contributed by atoms with Crippen LogP contribution in [0.4, 0.5) is 0 Å². The zero-order valence-corrected chi connectivity index (χ0v) is 12.5. The van der Waals surface area contributed by atoms with Crippen molar-refractivity contribution in [3.8, 4) is 0 Å². The van der Waals surface area contributed by atoms with Crippen molar-refractivity contribution in [2.24, 2.45) is 0 Å². The maximum atomic E-state index is 12.5. The smallest absolute Gasteiger partial charge is 0.240 e. The molecule has 20 heavy (non-hydrogen) atoms. The topological polar surface area (TPSA) is 57.3 Å². The van der Waals surface area contributed by atoms with Crippen LogP contribution in [0.1, 0.15) is 32.5 Å². The summed E-state index contributed by atoms with van der Waals surface area (Å²) in [6, 6.07) is 5.67. The molecule has 110 valence electrons. The quantitative estimate of drug-likeness (QED) is 0.859. The van der Waals surface area contributed by atoms with Gasteiger partial charge >= 0.3 is 0 Å². The Bertz CT molecular complexity index is 440. The van der Waals surface area contributed by atoms with Crippen LogP contribution in [0, 0.1) is 0 Å². The summed E-state index contributed by atoms with van der Waals surface area (Å²) in [7, 11) is 0. The molecule has 1 atom stereocenters. The van der Waals surface area contributed by atoms with Crippen LogP contribution in [-0.4, -0.2) is 47.5 Å². The van der Waals surface area contributed by atoms with Gasteiger partial charge in [0, 0.05) is 32.4 Å². The van der Waals surface area contributed by atoms with Gasteiger partial charge in [-0.15, -0.1) is 0 Å². The average Bonchev–Trinajstić information content (AvgIpc) is 2.49. The number of aromatic nitrogens is 1. The lowest BCUT2D eigenvalue weighted by Gasteiger charge is -2.40. The van der Waals surface area contributed by atoms with Gasteiger partial charge in [-0.1, -0.05) is 6.07 Å². The molecule has 1 aromatic heterocycles. The van der Waals surface area contributed by atoms with E-state index in [4.69, 9.17) is 0 Å². The molecule has 1 aliphatic heterocycles. The third-order valence-electron chi connectivity index (χ3n) is 3.94. The minimum atomic E-state index is -0.495. The van der Waals surface area contributed by atoms with Crippen LogP contribution in [-0.2, 0) is 4.79 Å². The van der Waals surface area contributed by atoms with E-state index in [1.54, 1.807) is 6.20 Å². The van der Waals surface area contributed by atoms with E-state index < -0.39 is 5.54 Å². The molecule has 1 aromatic rings. The second-order valence-electron chi connectivity index (χ2n) is 5.75. The van der Waals surface area contributed by atoms with Gasteiger partial charge in [0.2, 0.25) is 5.91 Å². The second kappa shape index (κ2) is 6.33. The molecule has 0 saturated carbocycles. The summed E-state index contributed by atoms with van der Waals surface area (Å²) in [4.78, 5) is 19.1. The first-order valence-corrected chi connectivity index (χ1v) is 7.19. The number of hydrogen-bond acceptors (Lipinski definition) is 4. The number of pyridine rings is 1. The van der Waals surface area contributed by atoms with Crippen molar-refractivity contribution in [2.45, 2.75) is 32.4 Å². The van der Waals surface area contributed by atoms with Crippen molar-refractivity contribution < 1.29 is 4.79 Å². The SMILES string of the molecule is CC(NC(=O)C(C)(C)N1CCNCC1)c1ccccn1. The summed E-state index contributed by atoms with van der Waals surface area (Å²) >= 11 is 0. The Morgan fingerprint density at radius 2 is 2.10 bits per heavy atom. The normalized spacial score (nSPS) is 18.6. The highest BCUT2D eigenvalue weighted by Crippen LogP contribution is 2.17. The van der Waals surface area contributed by atoms with E-state index in [0.29, 0.717) is 0 Å². The van der Waals surface area contributed by atoms with E-state index in [0.717, 1.165) is 31.9 Å². The lowest BCUT2D eigenvalue weighted by Crippen LogP contribution is -2.60. The number of carbonyl (C=O) groups is 1. The first-order valence-electron chi connectivity index (χ1n) is 7.19. The summed E-state index contributed by atoms with van der Waals surface area (Å²) in [5, 5.41) is 6.38. The fourth-order valence-electron chi connectivity index (χ4n) is 2.45. The zero-order valence-electron chi connectivity index (χ0n) is 12.5. The zero-order chi connectivity index (χ0) is 14.6. The number of amides is 1. The molecule has 5 heteroatoms. The number of piperazine rings is 1. The Balaban J connectivity index is 1.99. The van der Waals surface area contributed by atoms with Crippen molar-refractivity contribution >= 4 is 5.91 Å². The number of hydrogen-bond donors (Lipinski definition) is 2. The Morgan fingerprint density at radius 1 is 1.40 bits per heavy atom. The maximum Gasteiger partial charge on any atom is 0.240 e. The first kappa shape index (κ1) is 14.9. The van der Waals surface area contributed by atoms with Gasteiger partial charge in [-0.25, -0.2) is 0 Å². The minimum Gasteiger partial charge on any atom is -0.346 e. The molecule has 0 radical (unpaired) electrons. The van der Waals surface area contributed by atoms with Crippen LogP contribution in [0.5, 0.6) is 0 Å². The van der Waals surface area contributed by atoms with Crippen molar-refractivity contribution in [3.05, 3.63) is 30.1 Å². The maximum absolute atomic E-state index is 12.5. The third-order valence-corrected chi connectivity index (χ3v) is 3.94. The first-order chi connectivity index (χ1) is 9.51. The van der Waals surface area contributed by atoms with Crippen LogP contribution < -0.4 is 10.6 Å². The van der Waals surface area contributed by atoms with Crippen LogP contribution in [0.3, 0.4) is 0 Å². The molecular weight excluding hydrogens is 252 g/mol. The summed E-state index contributed by atoms with van der Waals surface area (Å²) in [6.45, 7) is 9.61. The van der Waals surface area contributed by atoms with E-state index >= 15 is 0 Å². The summed E-state index contributed by atoms with van der Waals surface area (Å²) in [5.74, 6) is 0.0533. The minimum absolute atomic E-state index is 0.0533. The Morgan fingerprint density at radius 3 is 2.70 bits per heavy atom. The van der Waals surface area contributed by atoms with Gasteiger partial charge < -0.3 is 10.6 Å². The van der Waals surface area contributed by atoms with E-state index in [-0.39, 0.29) is 11.9 Å². The van der Waals surface area contributed by atoms with E-state index in [1.807, 2.05) is 39.0 Å². The molecule has 2 heterocycles. The van der Waals surface area contributed by atoms with Crippen molar-refractivity contribution in [3.63, 3.8) is 0 Å². The van der Waals surface area contributed by atoms with Crippen molar-refractivity contribution in [1.82, 2.24) is 20.5 Å². The van der Waals surface area contributed by atoms with Crippen LogP contribution >= 0.6 is 0 Å². The molecule has 1 fully saturated rings. The van der Waals surface area contributed by atoms with E-state index in [1.165, 1.54) is 0 Å². The number of carbonyl (C=O) groups excluding carboxylic acids is 1. The Hall–Kier alpha value is -1.46. The number of rotatable bonds is 4. The van der Waals surface area contributed by atoms with Gasteiger partial charge in [0.15, 0.2) is 0 Å². The Labute approximate surface area is 120 Å². The van der Waals surface area contributed by atoms with E-state index in [2.05, 4.69) is 20.5 Å². The van der Waals surface area contributed by atoms with Gasteiger partial charge in [0.1, 0.15) is 0 Å². The lowest BCUT2D eigenvalue weighted by atomic mass is 9.99. The largest absolute Gasteiger partial charge is 0.346 e. The highest BCUT2D eigenvalue weighted by molar-refractivity contribution is 5.85. The molecule has 0 bridgehead atoms. The molecule has 0 spiro atoms. The van der Waals surface area contributed by atoms with Crippen LogP contribution in [0.25, 0.3) is 0 Å². The highest BCUT2D eigenvalue weighted by Gasteiger charge is 2.35. The van der Waals surface area contributed by atoms with Gasteiger partial charge in [0.25, 0.3) is 0 Å². The summed E-state index contributed by atoms with van der Waals surface area (Å²) < 4.78 is 0. The average molecular weight is 276 g/mol. The molecule has 1 amide bonds. The Kier molecular flexibility index (Phi) is 4.73. The molecule has 5 nitrogen and oxygen atoms in total. The molecular formula is C15H24N4O. The third kappa shape index (κ3) is 3.35. The summed E-state index contributed by atoms with van der Waals surface area (Å²) in [6.07, 6.45) is 1.75. The lowest BCUT2D eigenvalue weighted by molar-refractivity contribution is -0.132. The number of nitrogens with one attached hydrogen (secondary N) is 2. The van der Waals surface area contributed by atoms with E-state index in [9.17, 15) is 4.79 Å². The van der Waals surface area contributed by atoms with Crippen LogP contribution in [0.2, 0.25) is 0 Å². The molecule has 0 aromatic carbocycles. The molecule has 1 saturated heterocycles. The highest BCUT2D eigenvalue weighted by atomic mass is 16.2. The summed E-state index contributed by atoms with van der Waals surface area (Å²) in [5.41, 5.74) is 0.391. The second-order valence-corrected chi connectivity index (χ2v) is 5.75. The monoisotopic (exact) mass is 276 g/mol. The van der Waals surface area contributed by atoms with Gasteiger partial charge in [-0.05, 0) is 32.9 Å². The van der Waals surface area contributed by atoms with Gasteiger partial charge in [-0.3, -0.25) is 14.7 Å². The number of nitrogens with zero attached hydrogens (tertiary/aromatic N) is 2. The predicted molar refractivity (Wildman–Crippen MR) is 79.3 cm³/mol. The standard InChI is InChI=1S/C15H24N4O/c1-12(13-6-4-5-7-17-13)18-14(20)15(2,3)19-10-8-16-9-11-19/h4-7,12,16H,8-11H2,1-3H3,(H,18,20). The molecule has 2 rings (SSSR count). The van der Waals surface area contributed by atoms with Crippen molar-refractivity contribution in [2.75, 3.05) is 26.2 Å². The fourth-order valence-corrected chi connectivity index (χ4v) is 2.45. The van der Waals surface area contributed by atoms with Crippen molar-refractivity contribution in [1.29, 1.82) is 0 Å². The molecule has 0 aliphatic carbocycles. The van der Waals surface area contributed by atoms with Gasteiger partial charge in [0.05, 0.1) is 17.3 Å².